The lowest BCUT2D eigenvalue weighted by molar-refractivity contribution is -0.132. The maximum absolute atomic E-state index is 13.7. The maximum Gasteiger partial charge on any atom is 0.405 e. The van der Waals surface area contributed by atoms with Gasteiger partial charge in [-0.15, -0.1) is 10.2 Å². The molecule has 85 heavy (non-hydrogen) atoms. The molecule has 0 saturated carbocycles. The average Bonchev–Trinajstić information content (AvgIpc) is 2.63. The summed E-state index contributed by atoms with van der Waals surface area (Å²) in [7, 11) is 2.00. The lowest BCUT2D eigenvalue weighted by Gasteiger charge is -2.42. The maximum atomic E-state index is 13.7. The number of phenols is 2. The molecule has 2 saturated heterocycles. The number of alkyl halides is 3. The number of aromatic nitrogens is 5. The smallest absolute Gasteiger partial charge is 0.405 e. The fourth-order valence-electron chi connectivity index (χ4n) is 11.9. The number of anilines is 3. The molecule has 5 heterocycles. The number of carbonyl (C=O) groups excluding carboxylic acids is 3. The summed E-state index contributed by atoms with van der Waals surface area (Å²) in [6.07, 6.45) is 0.535. The van der Waals surface area contributed by atoms with Crippen molar-refractivity contribution in [1.82, 2.24) is 44.7 Å². The highest BCUT2D eigenvalue weighted by atomic mass is 19.4. The number of nitriles is 1. The van der Waals surface area contributed by atoms with E-state index in [0.717, 1.165) is 65.8 Å². The summed E-state index contributed by atoms with van der Waals surface area (Å²) in [4.78, 5) is 60.2. The molecule has 442 valence electrons. The topological polar surface area (TPSA) is 212 Å². The van der Waals surface area contributed by atoms with Crippen LogP contribution in [-0.4, -0.2) is 139 Å². The molecule has 0 radical (unpaired) electrons. The summed E-state index contributed by atoms with van der Waals surface area (Å²) in [6.45, 7) is 11.5. The van der Waals surface area contributed by atoms with Crippen LogP contribution in [0.3, 0.4) is 0 Å². The minimum Gasteiger partial charge on any atom is -0.508 e. The van der Waals surface area contributed by atoms with Gasteiger partial charge in [0.1, 0.15) is 23.9 Å². The molecule has 3 aliphatic heterocycles. The molecule has 5 aromatic carbocycles. The highest BCUT2D eigenvalue weighted by Crippen LogP contribution is 2.39. The van der Waals surface area contributed by atoms with Crippen molar-refractivity contribution in [1.29, 1.82) is 5.26 Å². The van der Waals surface area contributed by atoms with Crippen LogP contribution in [0.4, 0.5) is 30.6 Å². The van der Waals surface area contributed by atoms with Crippen LogP contribution < -0.4 is 20.4 Å². The molecule has 0 bridgehead atoms. The number of hydrogen-bond donors (Lipinski definition) is 4. The summed E-state index contributed by atoms with van der Waals surface area (Å²) in [6, 6.07) is 35.1. The SMILES string of the molecule is C=CC(=O)N1CCN(c2nc(NCCC(=O)N3CCC(Cc4ccc(CN(C)Cc5ccc(-n6c(C(=O)NCC(F)(F)F)nnc6-c6cc(C(C)C)c(O)cc6O)cc5)cc4)CC3)nc3c2CCN(c2cccc4ccccc24)C3)C[C@H]1CC#N. The number of benzene rings is 5. The van der Waals surface area contributed by atoms with Crippen molar-refractivity contribution in [3.05, 3.63) is 155 Å². The van der Waals surface area contributed by atoms with Crippen molar-refractivity contribution < 1.29 is 37.8 Å². The van der Waals surface area contributed by atoms with E-state index in [9.17, 15) is 43.0 Å². The number of phenolic OH excluding ortho intramolecular Hbond substituents is 2. The Balaban J connectivity index is 0.726. The third kappa shape index (κ3) is 13.8. The average molecular weight is 1160 g/mol. The summed E-state index contributed by atoms with van der Waals surface area (Å²) < 4.78 is 40.7. The highest BCUT2D eigenvalue weighted by molar-refractivity contribution is 5.95. The number of fused-ring (bicyclic) bond motifs is 2. The Labute approximate surface area is 492 Å². The Kier molecular flexibility index (Phi) is 18.0. The monoisotopic (exact) mass is 1160 g/mol. The predicted octanol–water partition coefficient (Wildman–Crippen LogP) is 9.30. The van der Waals surface area contributed by atoms with Gasteiger partial charge in [-0.25, -0.2) is 4.98 Å². The Bertz CT molecular complexity index is 3610. The van der Waals surface area contributed by atoms with Crippen LogP contribution in [0.15, 0.2) is 116 Å². The van der Waals surface area contributed by atoms with Gasteiger partial charge in [-0.1, -0.05) is 93.2 Å². The van der Waals surface area contributed by atoms with E-state index in [-0.39, 0.29) is 59.5 Å². The largest absolute Gasteiger partial charge is 0.508 e. The standard InChI is InChI=1S/C64H70F3N13O5/c1-5-57(83)79-32-31-78(38-48(79)21-26-68)59-50-25-30-77(54-12-8-10-46-9-6-7-11-49(46)54)39-53(50)71-63(72-59)69-27-22-58(84)76-28-23-43(24-29-76)33-42-13-15-44(16-14-42)36-75(4)37-45-17-19-47(20-18-45)80-60(52-34-51(41(2)3)55(81)35-56(52)82)73-74-61(80)62(85)70-40-64(65,66)67/h5-20,34-35,41,43,48,81-82H,1,21-25,27-33,36-40H2,2-4H3,(H,70,85)(H,69,71,72)/t48-/m1/s1. The Hall–Kier alpha value is -9.03. The second kappa shape index (κ2) is 25.9. The zero-order valence-electron chi connectivity index (χ0n) is 48.0. The second-order valence-electron chi connectivity index (χ2n) is 22.6. The molecule has 0 aliphatic carbocycles. The molecule has 2 aromatic heterocycles. The van der Waals surface area contributed by atoms with Crippen LogP contribution in [0.2, 0.25) is 0 Å². The molecule has 10 rings (SSSR count). The van der Waals surface area contributed by atoms with E-state index in [1.807, 2.05) is 49.3 Å². The van der Waals surface area contributed by atoms with Crippen molar-refractivity contribution in [2.45, 2.75) is 90.1 Å². The van der Waals surface area contributed by atoms with Crippen LogP contribution >= 0.6 is 0 Å². The van der Waals surface area contributed by atoms with Crippen molar-refractivity contribution >= 4 is 45.9 Å². The zero-order chi connectivity index (χ0) is 59.9. The van der Waals surface area contributed by atoms with E-state index in [4.69, 9.17) is 9.97 Å². The molecule has 0 unspecified atom stereocenters. The third-order valence-corrected chi connectivity index (χ3v) is 16.3. The summed E-state index contributed by atoms with van der Waals surface area (Å²) in [5, 5.41) is 46.8. The summed E-state index contributed by atoms with van der Waals surface area (Å²) in [5.74, 6) is -0.579. The lowest BCUT2D eigenvalue weighted by atomic mass is 9.90. The molecular weight excluding hydrogens is 1090 g/mol. The number of piperazine rings is 1. The van der Waals surface area contributed by atoms with Gasteiger partial charge in [-0.3, -0.25) is 23.9 Å². The first-order valence-corrected chi connectivity index (χ1v) is 28.8. The molecular formula is C64H70F3N13O5. The van der Waals surface area contributed by atoms with Crippen molar-refractivity contribution in [3.8, 4) is 34.6 Å². The van der Waals surface area contributed by atoms with Gasteiger partial charge >= 0.3 is 6.18 Å². The first-order chi connectivity index (χ1) is 40.9. The van der Waals surface area contributed by atoms with Gasteiger partial charge < -0.3 is 40.4 Å². The van der Waals surface area contributed by atoms with Crippen LogP contribution in [-0.2, 0) is 42.1 Å². The second-order valence-corrected chi connectivity index (χ2v) is 22.6. The van der Waals surface area contributed by atoms with Gasteiger partial charge in [0.2, 0.25) is 23.6 Å². The normalized spacial score (nSPS) is 15.7. The van der Waals surface area contributed by atoms with Gasteiger partial charge in [0.05, 0.1) is 36.3 Å². The Morgan fingerprint density at radius 3 is 2.27 bits per heavy atom. The first kappa shape index (κ1) is 59.1. The number of nitrogens with zero attached hydrogens (tertiary/aromatic N) is 11. The number of nitrogens with one attached hydrogen (secondary N) is 2. The lowest BCUT2D eigenvalue weighted by Crippen LogP contribution is -2.55. The number of likely N-dealkylation sites (tertiary alicyclic amines) is 1. The van der Waals surface area contributed by atoms with Crippen LogP contribution in [0.5, 0.6) is 11.5 Å². The molecule has 7 aromatic rings. The fourth-order valence-corrected chi connectivity index (χ4v) is 11.9. The summed E-state index contributed by atoms with van der Waals surface area (Å²) >= 11 is 0. The van der Waals surface area contributed by atoms with E-state index >= 15 is 0 Å². The predicted molar refractivity (Wildman–Crippen MR) is 319 cm³/mol. The highest BCUT2D eigenvalue weighted by Gasteiger charge is 2.35. The minimum absolute atomic E-state index is 0.00521. The molecule has 3 amide bonds. The number of aromatic hydroxyl groups is 2. The molecule has 3 aliphatic rings. The van der Waals surface area contributed by atoms with E-state index in [2.05, 4.69) is 104 Å². The van der Waals surface area contributed by atoms with Crippen LogP contribution in [0.1, 0.15) is 89.6 Å². The number of amides is 3. The van der Waals surface area contributed by atoms with E-state index in [1.54, 1.807) is 17.0 Å². The molecule has 4 N–H and O–H groups in total. The number of halogens is 3. The van der Waals surface area contributed by atoms with Crippen molar-refractivity contribution in [2.75, 3.05) is 74.5 Å². The quantitative estimate of drug-likeness (QED) is 0.0556. The van der Waals surface area contributed by atoms with E-state index < -0.39 is 24.5 Å². The number of piperidine rings is 1. The number of carbonyl (C=O) groups is 3. The zero-order valence-corrected chi connectivity index (χ0v) is 48.0. The fraction of sp³-hybridized carbons (Fsp3) is 0.375. The number of rotatable bonds is 19. The van der Waals surface area contributed by atoms with E-state index in [1.165, 1.54) is 33.0 Å². The van der Waals surface area contributed by atoms with E-state index in [0.29, 0.717) is 88.4 Å². The van der Waals surface area contributed by atoms with Gasteiger partial charge in [0, 0.05) is 93.7 Å². The third-order valence-electron chi connectivity index (χ3n) is 16.3. The molecule has 18 nitrogen and oxygen atoms in total. The molecule has 1 atom stereocenters. The Morgan fingerprint density at radius 2 is 1.56 bits per heavy atom. The van der Waals surface area contributed by atoms with Crippen LogP contribution in [0.25, 0.3) is 27.8 Å². The first-order valence-electron chi connectivity index (χ1n) is 28.8. The Morgan fingerprint density at radius 1 is 0.859 bits per heavy atom. The van der Waals surface area contributed by atoms with Crippen LogP contribution in [0, 0.1) is 17.2 Å². The van der Waals surface area contributed by atoms with Gasteiger partial charge in [-0.2, -0.15) is 23.4 Å². The number of hydrogen-bond acceptors (Lipinski definition) is 14. The minimum atomic E-state index is -4.66. The van der Waals surface area contributed by atoms with Crippen molar-refractivity contribution in [2.24, 2.45) is 5.92 Å². The molecule has 2 fully saturated rings. The van der Waals surface area contributed by atoms with Gasteiger partial charge in [0.15, 0.2) is 5.82 Å². The van der Waals surface area contributed by atoms with Gasteiger partial charge in [-0.05, 0) is 103 Å². The van der Waals surface area contributed by atoms with Crippen molar-refractivity contribution in [3.63, 3.8) is 0 Å². The molecule has 0 spiro atoms. The molecule has 21 heteroatoms. The van der Waals surface area contributed by atoms with Gasteiger partial charge in [0.25, 0.3) is 5.91 Å². The summed E-state index contributed by atoms with van der Waals surface area (Å²) in [5.41, 5.74) is 7.39.